The van der Waals surface area contributed by atoms with Gasteiger partial charge in [0.15, 0.2) is 0 Å². The van der Waals surface area contributed by atoms with Gasteiger partial charge in [0.05, 0.1) is 12.2 Å². The van der Waals surface area contributed by atoms with Gasteiger partial charge in [-0.15, -0.1) is 0 Å². The Morgan fingerprint density at radius 2 is 1.38 bits per heavy atom. The van der Waals surface area contributed by atoms with E-state index in [0.717, 1.165) is 12.1 Å². The highest BCUT2D eigenvalue weighted by Crippen LogP contribution is 2.35. The van der Waals surface area contributed by atoms with Crippen LogP contribution in [0.2, 0.25) is 0 Å². The topological polar surface area (TPSA) is 9.23 Å². The Morgan fingerprint density at radius 3 is 1.97 bits per heavy atom. The molecule has 0 radical (unpaired) electrons. The first-order valence-electron chi connectivity index (χ1n) is 11.4. The molecule has 9 heteroatoms. The van der Waals surface area contributed by atoms with Crippen LogP contribution in [0.3, 0.4) is 0 Å². The van der Waals surface area contributed by atoms with Gasteiger partial charge in [0.1, 0.15) is 40.4 Å². The summed E-state index contributed by atoms with van der Waals surface area (Å²) in [4.78, 5) is 0. The van der Waals surface area contributed by atoms with E-state index in [-0.39, 0.29) is 46.2 Å². The Kier molecular flexibility index (Phi) is 7.43. The number of alkyl halides is 3. The Morgan fingerprint density at radius 1 is 0.730 bits per heavy atom. The van der Waals surface area contributed by atoms with E-state index in [0.29, 0.717) is 30.5 Å². The monoisotopic (exact) mass is 524 g/mol. The second kappa shape index (κ2) is 10.4. The lowest BCUT2D eigenvalue weighted by Crippen LogP contribution is -2.12. The van der Waals surface area contributed by atoms with Crippen molar-refractivity contribution in [2.75, 3.05) is 6.61 Å². The molecule has 0 aliphatic heterocycles. The molecular weight excluding hydrogens is 504 g/mol. The lowest BCUT2D eigenvalue weighted by molar-refractivity contribution is -0.142. The average Bonchev–Trinajstić information content (AvgIpc) is 2.80. The summed E-state index contributed by atoms with van der Waals surface area (Å²) in [6.45, 7) is 2.16. The molecule has 0 spiro atoms. The zero-order chi connectivity index (χ0) is 26.9. The SMILES string of the molecule is CCCOc1cc(F)c(-c2ccc3c(F)c(CCc4cc(F)c(C(F)(F)F)c(F)c4)ccc3c2)c(F)c1. The first kappa shape index (κ1) is 26.4. The minimum Gasteiger partial charge on any atom is -0.493 e. The van der Waals surface area contributed by atoms with Crippen LogP contribution >= 0.6 is 0 Å². The standard InChI is InChI=1S/C28H20F8O/c1-2-9-37-19-13-21(29)25(22(30)14-19)18-7-8-20-17(12-18)6-5-16(27(20)33)4-3-15-10-23(31)26(24(32)11-15)28(34,35)36/h5-8,10-14H,2-4,9H2,1H3. The van der Waals surface area contributed by atoms with Crippen LogP contribution in [0.1, 0.15) is 30.0 Å². The van der Waals surface area contributed by atoms with E-state index >= 15 is 4.39 Å². The molecular formula is C28H20F8O. The number of aryl methyl sites for hydroxylation is 2. The van der Waals surface area contributed by atoms with Gasteiger partial charge >= 0.3 is 6.18 Å². The van der Waals surface area contributed by atoms with E-state index in [1.807, 2.05) is 6.92 Å². The van der Waals surface area contributed by atoms with Gasteiger partial charge in [0, 0.05) is 17.5 Å². The van der Waals surface area contributed by atoms with Gasteiger partial charge in [-0.2, -0.15) is 13.2 Å². The van der Waals surface area contributed by atoms with Crippen LogP contribution in [-0.2, 0) is 19.0 Å². The molecule has 0 amide bonds. The third-order valence-corrected chi connectivity index (χ3v) is 5.88. The normalized spacial score (nSPS) is 11.8. The highest BCUT2D eigenvalue weighted by molar-refractivity contribution is 5.88. The van der Waals surface area contributed by atoms with Gasteiger partial charge in [-0.1, -0.05) is 31.2 Å². The van der Waals surface area contributed by atoms with E-state index in [1.54, 1.807) is 0 Å². The molecule has 194 valence electrons. The molecule has 0 aromatic heterocycles. The number of benzene rings is 4. The largest absolute Gasteiger partial charge is 0.493 e. The number of hydrogen-bond donors (Lipinski definition) is 0. The Balaban J connectivity index is 1.59. The molecule has 4 aromatic rings. The van der Waals surface area contributed by atoms with Crippen molar-refractivity contribution >= 4 is 10.8 Å². The van der Waals surface area contributed by atoms with Crippen molar-refractivity contribution in [3.63, 3.8) is 0 Å². The van der Waals surface area contributed by atoms with Gasteiger partial charge in [-0.3, -0.25) is 0 Å². The number of fused-ring (bicyclic) bond motifs is 1. The zero-order valence-electron chi connectivity index (χ0n) is 19.5. The summed E-state index contributed by atoms with van der Waals surface area (Å²) in [6, 6.07) is 10.4. The summed E-state index contributed by atoms with van der Waals surface area (Å²) in [6.07, 6.45) is -4.67. The van der Waals surface area contributed by atoms with Crippen LogP contribution in [0.25, 0.3) is 21.9 Å². The molecule has 0 aliphatic rings. The molecule has 0 N–H and O–H groups in total. The number of ether oxygens (including phenoxy) is 1. The van der Waals surface area contributed by atoms with Crippen LogP contribution in [0.15, 0.2) is 54.6 Å². The van der Waals surface area contributed by atoms with E-state index in [4.69, 9.17) is 4.74 Å². The molecule has 0 unspecified atom stereocenters. The molecule has 0 bridgehead atoms. The summed E-state index contributed by atoms with van der Waals surface area (Å²) in [5, 5.41) is 0.505. The summed E-state index contributed by atoms with van der Waals surface area (Å²) in [5.41, 5.74) is -1.97. The van der Waals surface area contributed by atoms with Crippen LogP contribution in [0.4, 0.5) is 35.1 Å². The fourth-order valence-electron chi connectivity index (χ4n) is 4.13. The second-order valence-corrected chi connectivity index (χ2v) is 8.52. The van der Waals surface area contributed by atoms with Crippen molar-refractivity contribution in [1.82, 2.24) is 0 Å². The molecule has 0 aliphatic carbocycles. The molecule has 1 nitrogen and oxygen atoms in total. The summed E-state index contributed by atoms with van der Waals surface area (Å²) in [7, 11) is 0. The van der Waals surface area contributed by atoms with Gasteiger partial charge in [-0.05, 0) is 59.5 Å². The van der Waals surface area contributed by atoms with Crippen molar-refractivity contribution in [2.24, 2.45) is 0 Å². The first-order valence-corrected chi connectivity index (χ1v) is 11.4. The first-order chi connectivity index (χ1) is 17.5. The summed E-state index contributed by atoms with van der Waals surface area (Å²) in [5.74, 6) is -5.74. The predicted octanol–water partition coefficient (Wildman–Crippen LogP) is 8.80. The molecule has 0 fully saturated rings. The third-order valence-electron chi connectivity index (χ3n) is 5.88. The fraction of sp³-hybridized carbons (Fsp3) is 0.214. The van der Waals surface area contributed by atoms with Crippen molar-refractivity contribution < 1.29 is 39.9 Å². The molecule has 4 aromatic carbocycles. The summed E-state index contributed by atoms with van der Waals surface area (Å²) < 4.78 is 116. The van der Waals surface area contributed by atoms with E-state index in [2.05, 4.69) is 0 Å². The van der Waals surface area contributed by atoms with Gasteiger partial charge in [0.2, 0.25) is 0 Å². The lowest BCUT2D eigenvalue weighted by Gasteiger charge is -2.12. The fourth-order valence-corrected chi connectivity index (χ4v) is 4.13. The number of hydrogen-bond acceptors (Lipinski definition) is 1. The van der Waals surface area contributed by atoms with Gasteiger partial charge in [-0.25, -0.2) is 22.0 Å². The molecule has 0 atom stereocenters. The van der Waals surface area contributed by atoms with Crippen molar-refractivity contribution in [1.29, 1.82) is 0 Å². The molecule has 0 saturated heterocycles. The van der Waals surface area contributed by atoms with Crippen LogP contribution in [0.5, 0.6) is 5.75 Å². The van der Waals surface area contributed by atoms with Crippen LogP contribution in [-0.4, -0.2) is 6.61 Å². The maximum Gasteiger partial charge on any atom is 0.422 e. The van der Waals surface area contributed by atoms with Gasteiger partial charge < -0.3 is 4.74 Å². The molecule has 37 heavy (non-hydrogen) atoms. The average molecular weight is 524 g/mol. The van der Waals surface area contributed by atoms with Crippen molar-refractivity contribution in [3.8, 4) is 16.9 Å². The Bertz CT molecular complexity index is 1410. The predicted molar refractivity (Wildman–Crippen MR) is 124 cm³/mol. The Hall–Kier alpha value is -3.62. The minimum absolute atomic E-state index is 0.0454. The van der Waals surface area contributed by atoms with E-state index in [1.165, 1.54) is 30.3 Å². The van der Waals surface area contributed by atoms with Crippen molar-refractivity contribution in [2.45, 2.75) is 32.4 Å². The third kappa shape index (κ3) is 5.55. The number of rotatable bonds is 7. The highest BCUT2D eigenvalue weighted by atomic mass is 19.4. The lowest BCUT2D eigenvalue weighted by atomic mass is 9.96. The second-order valence-electron chi connectivity index (χ2n) is 8.52. The Labute approximate surface area is 207 Å². The van der Waals surface area contributed by atoms with E-state index < -0.39 is 40.8 Å². The molecule has 0 saturated carbocycles. The van der Waals surface area contributed by atoms with Crippen LogP contribution in [0, 0.1) is 29.1 Å². The van der Waals surface area contributed by atoms with E-state index in [9.17, 15) is 30.7 Å². The van der Waals surface area contributed by atoms with Gasteiger partial charge in [0.25, 0.3) is 0 Å². The maximum atomic E-state index is 15.2. The van der Waals surface area contributed by atoms with Crippen molar-refractivity contribution in [3.05, 3.63) is 100 Å². The summed E-state index contributed by atoms with van der Waals surface area (Å²) >= 11 is 0. The maximum absolute atomic E-state index is 15.2. The quantitative estimate of drug-likeness (QED) is 0.220. The molecule has 4 rings (SSSR count). The smallest absolute Gasteiger partial charge is 0.422 e. The zero-order valence-corrected chi connectivity index (χ0v) is 19.5. The number of halogens is 8. The highest BCUT2D eigenvalue weighted by Gasteiger charge is 2.37. The minimum atomic E-state index is -5.17. The molecule has 0 heterocycles. The van der Waals surface area contributed by atoms with Crippen LogP contribution < -0.4 is 4.74 Å².